The Morgan fingerprint density at radius 1 is 1.04 bits per heavy atom. The van der Waals surface area contributed by atoms with Gasteiger partial charge >= 0.3 is 5.97 Å². The van der Waals surface area contributed by atoms with Gasteiger partial charge in [-0.25, -0.2) is 8.42 Å². The van der Waals surface area contributed by atoms with E-state index in [1.807, 2.05) is 6.92 Å². The number of benzene rings is 2. The second-order valence-electron chi connectivity index (χ2n) is 4.83. The first-order chi connectivity index (χ1) is 11.5. The molecule has 0 saturated carbocycles. The Morgan fingerprint density at radius 2 is 1.67 bits per heavy atom. The molecule has 0 aliphatic rings. The molecule has 2 aromatic carbocycles. The predicted molar refractivity (Wildman–Crippen MR) is 90.6 cm³/mol. The normalized spacial score (nSPS) is 10.9. The van der Waals surface area contributed by atoms with Crippen LogP contribution in [0.5, 0.6) is 5.75 Å². The molecule has 0 atom stereocenters. The first kappa shape index (κ1) is 17.8. The topological polar surface area (TPSA) is 72.9 Å². The van der Waals surface area contributed by atoms with Gasteiger partial charge < -0.3 is 9.47 Å². The smallest absolute Gasteiger partial charge is 0.326 e. The second-order valence-corrected chi connectivity index (χ2v) is 6.69. The van der Waals surface area contributed by atoms with Crippen LogP contribution in [0, 0.1) is 0 Å². The molecule has 128 valence electrons. The zero-order valence-corrected chi connectivity index (χ0v) is 14.3. The summed E-state index contributed by atoms with van der Waals surface area (Å²) in [6.07, 6.45) is 0. The summed E-state index contributed by atoms with van der Waals surface area (Å²) < 4.78 is 36.8. The van der Waals surface area contributed by atoms with Crippen molar-refractivity contribution in [3.63, 3.8) is 0 Å². The lowest BCUT2D eigenvalue weighted by atomic mass is 10.3. The van der Waals surface area contributed by atoms with Gasteiger partial charge in [0.1, 0.15) is 12.3 Å². The van der Waals surface area contributed by atoms with Crippen molar-refractivity contribution < 1.29 is 22.7 Å². The van der Waals surface area contributed by atoms with Crippen LogP contribution in [0.3, 0.4) is 0 Å². The molecule has 0 amide bonds. The van der Waals surface area contributed by atoms with E-state index in [2.05, 4.69) is 4.74 Å². The highest BCUT2D eigenvalue weighted by Gasteiger charge is 2.27. The number of carbonyl (C=O) groups is 1. The number of anilines is 1. The first-order valence-corrected chi connectivity index (χ1v) is 8.80. The Kier molecular flexibility index (Phi) is 5.81. The van der Waals surface area contributed by atoms with Crippen LogP contribution in [-0.4, -0.2) is 34.6 Å². The van der Waals surface area contributed by atoms with Crippen LogP contribution in [0.4, 0.5) is 5.69 Å². The molecule has 0 radical (unpaired) electrons. The molecule has 6 nitrogen and oxygen atoms in total. The second kappa shape index (κ2) is 7.83. The molecule has 0 fully saturated rings. The van der Waals surface area contributed by atoms with Crippen LogP contribution < -0.4 is 9.04 Å². The summed E-state index contributed by atoms with van der Waals surface area (Å²) in [5.74, 6) is -0.0657. The van der Waals surface area contributed by atoms with Crippen molar-refractivity contribution in [2.24, 2.45) is 0 Å². The Labute approximate surface area is 141 Å². The molecule has 0 aliphatic carbocycles. The minimum atomic E-state index is -3.91. The van der Waals surface area contributed by atoms with E-state index in [4.69, 9.17) is 4.74 Å². The number of carbonyl (C=O) groups excluding carboxylic acids is 1. The highest BCUT2D eigenvalue weighted by atomic mass is 32.2. The van der Waals surface area contributed by atoms with Crippen molar-refractivity contribution in [1.82, 2.24) is 0 Å². The summed E-state index contributed by atoms with van der Waals surface area (Å²) in [5, 5.41) is 0. The number of methoxy groups -OCH3 is 1. The van der Waals surface area contributed by atoms with Gasteiger partial charge in [0, 0.05) is 0 Å². The van der Waals surface area contributed by atoms with Gasteiger partial charge in [0.15, 0.2) is 0 Å². The van der Waals surface area contributed by atoms with E-state index < -0.39 is 22.5 Å². The number of esters is 1. The average molecular weight is 349 g/mol. The van der Waals surface area contributed by atoms with Gasteiger partial charge in [-0.2, -0.15) is 0 Å². The van der Waals surface area contributed by atoms with Crippen molar-refractivity contribution >= 4 is 21.7 Å². The van der Waals surface area contributed by atoms with Crippen LogP contribution >= 0.6 is 0 Å². The molecule has 0 aromatic heterocycles. The summed E-state index contributed by atoms with van der Waals surface area (Å²) in [4.78, 5) is 11.7. The number of ether oxygens (including phenoxy) is 2. The Morgan fingerprint density at radius 3 is 2.21 bits per heavy atom. The van der Waals surface area contributed by atoms with Gasteiger partial charge in [0.25, 0.3) is 10.0 Å². The zero-order valence-electron chi connectivity index (χ0n) is 13.5. The van der Waals surface area contributed by atoms with Crippen LogP contribution in [0.15, 0.2) is 59.5 Å². The van der Waals surface area contributed by atoms with Crippen LogP contribution in [0.1, 0.15) is 6.92 Å². The van der Waals surface area contributed by atoms with E-state index in [1.54, 1.807) is 42.5 Å². The minimum Gasteiger partial charge on any atom is -0.494 e. The summed E-state index contributed by atoms with van der Waals surface area (Å²) in [7, 11) is -2.70. The largest absolute Gasteiger partial charge is 0.494 e. The SMILES string of the molecule is CCOc1ccc(S(=O)(=O)N(CC(=O)OC)c2ccccc2)cc1. The fourth-order valence-corrected chi connectivity index (χ4v) is 3.50. The van der Waals surface area contributed by atoms with E-state index in [9.17, 15) is 13.2 Å². The van der Waals surface area contributed by atoms with Crippen molar-refractivity contribution in [3.05, 3.63) is 54.6 Å². The molecule has 2 aromatic rings. The fourth-order valence-electron chi connectivity index (χ4n) is 2.09. The number of para-hydroxylation sites is 1. The molecule has 0 spiro atoms. The van der Waals surface area contributed by atoms with Gasteiger partial charge in [-0.3, -0.25) is 9.10 Å². The fraction of sp³-hybridized carbons (Fsp3) is 0.235. The van der Waals surface area contributed by atoms with Crippen molar-refractivity contribution in [1.29, 1.82) is 0 Å². The maximum absolute atomic E-state index is 12.9. The molecular formula is C17H19NO5S. The molecule has 0 N–H and O–H groups in total. The average Bonchev–Trinajstić information content (AvgIpc) is 2.60. The van der Waals surface area contributed by atoms with E-state index in [1.165, 1.54) is 19.2 Å². The first-order valence-electron chi connectivity index (χ1n) is 7.36. The number of hydrogen-bond donors (Lipinski definition) is 0. The van der Waals surface area contributed by atoms with E-state index >= 15 is 0 Å². The monoisotopic (exact) mass is 349 g/mol. The highest BCUT2D eigenvalue weighted by Crippen LogP contribution is 2.25. The zero-order chi connectivity index (χ0) is 17.6. The molecule has 0 aliphatic heterocycles. The Hall–Kier alpha value is -2.54. The van der Waals surface area contributed by atoms with Gasteiger partial charge in [-0.15, -0.1) is 0 Å². The van der Waals surface area contributed by atoms with Crippen molar-refractivity contribution in [2.75, 3.05) is 24.6 Å². The quantitative estimate of drug-likeness (QED) is 0.718. The maximum Gasteiger partial charge on any atom is 0.326 e. The van der Waals surface area contributed by atoms with Crippen molar-refractivity contribution in [2.45, 2.75) is 11.8 Å². The van der Waals surface area contributed by atoms with Crippen LogP contribution in [0.2, 0.25) is 0 Å². The minimum absolute atomic E-state index is 0.0682. The molecule has 24 heavy (non-hydrogen) atoms. The number of nitrogens with zero attached hydrogens (tertiary/aromatic N) is 1. The van der Waals surface area contributed by atoms with E-state index in [-0.39, 0.29) is 4.90 Å². The predicted octanol–water partition coefficient (Wildman–Crippen LogP) is 2.45. The van der Waals surface area contributed by atoms with E-state index in [0.29, 0.717) is 18.0 Å². The number of rotatable bonds is 7. The van der Waals surface area contributed by atoms with Crippen LogP contribution in [0.25, 0.3) is 0 Å². The third-order valence-corrected chi connectivity index (χ3v) is 5.06. The molecule has 0 heterocycles. The summed E-state index contributed by atoms with van der Waals surface area (Å²) in [6, 6.07) is 14.5. The van der Waals surface area contributed by atoms with Crippen molar-refractivity contribution in [3.8, 4) is 5.75 Å². The lowest BCUT2D eigenvalue weighted by molar-refractivity contribution is -0.138. The molecule has 0 saturated heterocycles. The molecule has 7 heteroatoms. The highest BCUT2D eigenvalue weighted by molar-refractivity contribution is 7.92. The third-order valence-electron chi connectivity index (χ3n) is 3.27. The summed E-state index contributed by atoms with van der Waals surface area (Å²) >= 11 is 0. The molecule has 2 rings (SSSR count). The number of hydrogen-bond acceptors (Lipinski definition) is 5. The Balaban J connectivity index is 2.41. The van der Waals surface area contributed by atoms with Gasteiger partial charge in [0.05, 0.1) is 24.3 Å². The number of sulfonamides is 1. The Bertz CT molecular complexity index is 772. The molecule has 0 bridgehead atoms. The summed E-state index contributed by atoms with van der Waals surface area (Å²) in [5.41, 5.74) is 0.386. The van der Waals surface area contributed by atoms with Gasteiger partial charge in [0.2, 0.25) is 0 Å². The van der Waals surface area contributed by atoms with Gasteiger partial charge in [-0.05, 0) is 43.3 Å². The molecule has 0 unspecified atom stereocenters. The van der Waals surface area contributed by atoms with Gasteiger partial charge in [-0.1, -0.05) is 18.2 Å². The third kappa shape index (κ3) is 4.05. The standard InChI is InChI=1S/C17H19NO5S/c1-3-23-15-9-11-16(12-10-15)24(20,21)18(13-17(19)22-2)14-7-5-4-6-8-14/h4-12H,3,13H2,1-2H3. The van der Waals surface area contributed by atoms with E-state index in [0.717, 1.165) is 4.31 Å². The lowest BCUT2D eigenvalue weighted by Gasteiger charge is -2.23. The maximum atomic E-state index is 12.9. The summed E-state index contributed by atoms with van der Waals surface area (Å²) in [6.45, 7) is 1.93. The molecular weight excluding hydrogens is 330 g/mol. The van der Waals surface area contributed by atoms with Crippen LogP contribution in [-0.2, 0) is 19.6 Å². The lowest BCUT2D eigenvalue weighted by Crippen LogP contribution is -2.36.